The van der Waals surface area contributed by atoms with Gasteiger partial charge in [0.05, 0.1) is 0 Å². The topological polar surface area (TPSA) is 12.0 Å². The summed E-state index contributed by atoms with van der Waals surface area (Å²) in [5.41, 5.74) is 8.56. The molecule has 0 heterocycles. The Kier molecular flexibility index (Phi) is 5.22. The molecule has 0 bridgehead atoms. The Morgan fingerprint density at radius 1 is 0.483 bits per heavy atom. The molecule has 0 saturated heterocycles. The summed E-state index contributed by atoms with van der Waals surface area (Å²) in [6.45, 7) is 6.75. The highest BCUT2D eigenvalue weighted by Crippen LogP contribution is 2.33. The monoisotopic (exact) mass is 377 g/mol. The fraction of sp³-hybridized carbons (Fsp3) is 0.143. The normalized spacial score (nSPS) is 11.3. The third-order valence-electron chi connectivity index (χ3n) is 5.19. The van der Waals surface area contributed by atoms with Crippen molar-refractivity contribution < 1.29 is 0 Å². The van der Waals surface area contributed by atoms with Crippen LogP contribution in [0.15, 0.2) is 103 Å². The van der Waals surface area contributed by atoms with E-state index in [0.717, 1.165) is 11.4 Å². The minimum Gasteiger partial charge on any atom is -0.355 e. The Balaban J connectivity index is 1.77. The molecule has 0 unspecified atom stereocenters. The minimum atomic E-state index is 0.157. The molecule has 0 saturated carbocycles. The lowest BCUT2D eigenvalue weighted by atomic mass is 9.86. The fourth-order valence-corrected chi connectivity index (χ4v) is 3.51. The first-order chi connectivity index (χ1) is 14.0. The highest BCUT2D eigenvalue weighted by Gasteiger charge is 2.13. The van der Waals surface area contributed by atoms with Gasteiger partial charge in [0.25, 0.3) is 0 Å². The second kappa shape index (κ2) is 7.97. The van der Waals surface area contributed by atoms with Crippen LogP contribution in [0.2, 0.25) is 0 Å². The zero-order valence-electron chi connectivity index (χ0n) is 17.3. The number of rotatable bonds is 4. The van der Waals surface area contributed by atoms with Gasteiger partial charge >= 0.3 is 0 Å². The van der Waals surface area contributed by atoms with E-state index in [2.05, 4.69) is 123 Å². The molecule has 4 aromatic rings. The molecule has 0 aliphatic rings. The summed E-state index contributed by atoms with van der Waals surface area (Å²) in [7, 11) is 0. The summed E-state index contributed by atoms with van der Waals surface area (Å²) in [6.07, 6.45) is 0. The lowest BCUT2D eigenvalue weighted by Crippen LogP contribution is -2.10. The number of hydrogen-bond acceptors (Lipinski definition) is 1. The molecule has 4 aromatic carbocycles. The van der Waals surface area contributed by atoms with Crippen LogP contribution in [0.5, 0.6) is 0 Å². The molecule has 0 atom stereocenters. The zero-order chi connectivity index (χ0) is 20.3. The molecule has 1 nitrogen and oxygen atoms in total. The highest BCUT2D eigenvalue weighted by atomic mass is 14.9. The maximum atomic E-state index is 3.56. The summed E-state index contributed by atoms with van der Waals surface area (Å²) < 4.78 is 0. The number of hydrogen-bond donors (Lipinski definition) is 1. The molecule has 144 valence electrons. The number of nitrogens with one attached hydrogen (secondary N) is 1. The van der Waals surface area contributed by atoms with Crippen LogP contribution >= 0.6 is 0 Å². The van der Waals surface area contributed by atoms with Gasteiger partial charge in [0.15, 0.2) is 0 Å². The Bertz CT molecular complexity index is 1070. The van der Waals surface area contributed by atoms with Gasteiger partial charge in [0, 0.05) is 11.4 Å². The third kappa shape index (κ3) is 4.57. The maximum absolute atomic E-state index is 3.56. The van der Waals surface area contributed by atoms with E-state index < -0.39 is 0 Å². The van der Waals surface area contributed by atoms with Crippen LogP contribution < -0.4 is 5.32 Å². The van der Waals surface area contributed by atoms with Gasteiger partial charge < -0.3 is 5.32 Å². The van der Waals surface area contributed by atoms with Crippen LogP contribution in [0.3, 0.4) is 0 Å². The first-order valence-electron chi connectivity index (χ1n) is 10.1. The van der Waals surface area contributed by atoms with Crippen molar-refractivity contribution in [3.05, 3.63) is 109 Å². The number of benzene rings is 4. The molecule has 0 fully saturated rings. The molecule has 29 heavy (non-hydrogen) atoms. The van der Waals surface area contributed by atoms with E-state index >= 15 is 0 Å². The SMILES string of the molecule is CC(C)(C)c1ccc(-c2cc(Nc3ccccc3)cc(-c3ccccc3)c2)cc1. The molecule has 1 heteroatoms. The molecule has 0 spiro atoms. The predicted octanol–water partition coefficient (Wildman–Crippen LogP) is 8.06. The summed E-state index contributed by atoms with van der Waals surface area (Å²) in [5.74, 6) is 0. The molecule has 0 aromatic heterocycles. The Hall–Kier alpha value is -3.32. The molecule has 0 radical (unpaired) electrons. The Labute approximate surface area is 174 Å². The van der Waals surface area contributed by atoms with Crippen molar-refractivity contribution >= 4 is 11.4 Å². The predicted molar refractivity (Wildman–Crippen MR) is 126 cm³/mol. The van der Waals surface area contributed by atoms with Crippen molar-refractivity contribution in [1.29, 1.82) is 0 Å². The first-order valence-corrected chi connectivity index (χ1v) is 10.1. The lowest BCUT2D eigenvalue weighted by Gasteiger charge is -2.19. The van der Waals surface area contributed by atoms with E-state index in [1.165, 1.54) is 27.8 Å². The molecule has 1 N–H and O–H groups in total. The van der Waals surface area contributed by atoms with Crippen LogP contribution in [0.4, 0.5) is 11.4 Å². The van der Waals surface area contributed by atoms with E-state index in [4.69, 9.17) is 0 Å². The van der Waals surface area contributed by atoms with E-state index in [-0.39, 0.29) is 5.41 Å². The van der Waals surface area contributed by atoms with E-state index in [9.17, 15) is 0 Å². The second-order valence-electron chi connectivity index (χ2n) is 8.48. The van der Waals surface area contributed by atoms with Gasteiger partial charge in [-0.15, -0.1) is 0 Å². The lowest BCUT2D eigenvalue weighted by molar-refractivity contribution is 0.590. The van der Waals surface area contributed by atoms with Crippen molar-refractivity contribution in [1.82, 2.24) is 0 Å². The first kappa shape index (κ1) is 19.0. The summed E-state index contributed by atoms with van der Waals surface area (Å²) in [4.78, 5) is 0. The number of anilines is 2. The van der Waals surface area contributed by atoms with Crippen molar-refractivity contribution in [2.24, 2.45) is 0 Å². The summed E-state index contributed by atoms with van der Waals surface area (Å²) in [5, 5.41) is 3.56. The van der Waals surface area contributed by atoms with Gasteiger partial charge in [-0.3, -0.25) is 0 Å². The van der Waals surface area contributed by atoms with Crippen LogP contribution in [0, 0.1) is 0 Å². The molecule has 4 rings (SSSR count). The average Bonchev–Trinajstić information content (AvgIpc) is 2.74. The van der Waals surface area contributed by atoms with Crippen LogP contribution in [0.1, 0.15) is 26.3 Å². The third-order valence-corrected chi connectivity index (χ3v) is 5.19. The second-order valence-corrected chi connectivity index (χ2v) is 8.48. The molecule has 0 aliphatic carbocycles. The van der Waals surface area contributed by atoms with Crippen molar-refractivity contribution in [2.75, 3.05) is 5.32 Å². The van der Waals surface area contributed by atoms with Crippen molar-refractivity contribution in [3.8, 4) is 22.3 Å². The van der Waals surface area contributed by atoms with Crippen LogP contribution in [-0.2, 0) is 5.41 Å². The average molecular weight is 378 g/mol. The van der Waals surface area contributed by atoms with E-state index in [1.807, 2.05) is 6.07 Å². The number of para-hydroxylation sites is 1. The summed E-state index contributed by atoms with van der Waals surface area (Å²) in [6, 6.07) is 36.5. The van der Waals surface area contributed by atoms with Gasteiger partial charge in [-0.1, -0.05) is 93.6 Å². The van der Waals surface area contributed by atoms with Gasteiger partial charge in [-0.25, -0.2) is 0 Å². The van der Waals surface area contributed by atoms with E-state index in [0.29, 0.717) is 0 Å². The van der Waals surface area contributed by atoms with Gasteiger partial charge in [-0.2, -0.15) is 0 Å². The fourth-order valence-electron chi connectivity index (χ4n) is 3.51. The molecular formula is C28H27N. The van der Waals surface area contributed by atoms with Crippen molar-refractivity contribution in [3.63, 3.8) is 0 Å². The molecular weight excluding hydrogens is 350 g/mol. The van der Waals surface area contributed by atoms with Crippen LogP contribution in [0.25, 0.3) is 22.3 Å². The maximum Gasteiger partial charge on any atom is 0.0396 e. The van der Waals surface area contributed by atoms with Crippen molar-refractivity contribution in [2.45, 2.75) is 26.2 Å². The zero-order valence-corrected chi connectivity index (χ0v) is 17.3. The van der Waals surface area contributed by atoms with Gasteiger partial charge in [-0.05, 0) is 63.6 Å². The molecule has 0 aliphatic heterocycles. The Morgan fingerprint density at radius 2 is 1.00 bits per heavy atom. The Morgan fingerprint density at radius 3 is 1.55 bits per heavy atom. The standard InChI is InChI=1S/C28H27N/c1-28(2,3)25-16-14-22(15-17-25)24-18-23(21-10-6-4-7-11-21)19-27(20-24)29-26-12-8-5-9-13-26/h4-20,29H,1-3H3. The largest absolute Gasteiger partial charge is 0.355 e. The smallest absolute Gasteiger partial charge is 0.0396 e. The molecule has 0 amide bonds. The van der Waals surface area contributed by atoms with Crippen LogP contribution in [-0.4, -0.2) is 0 Å². The van der Waals surface area contributed by atoms with Gasteiger partial charge in [0.1, 0.15) is 0 Å². The minimum absolute atomic E-state index is 0.157. The highest BCUT2D eigenvalue weighted by molar-refractivity contribution is 5.79. The summed E-state index contributed by atoms with van der Waals surface area (Å²) >= 11 is 0. The van der Waals surface area contributed by atoms with Gasteiger partial charge in [0.2, 0.25) is 0 Å². The van der Waals surface area contributed by atoms with E-state index in [1.54, 1.807) is 0 Å². The quantitative estimate of drug-likeness (QED) is 0.379.